The first-order valence-electron chi connectivity index (χ1n) is 11.5. The van der Waals surface area contributed by atoms with Gasteiger partial charge in [0.15, 0.2) is 5.96 Å². The molecule has 1 saturated heterocycles. The lowest BCUT2D eigenvalue weighted by atomic mass is 10.1. The van der Waals surface area contributed by atoms with E-state index in [1.807, 2.05) is 7.05 Å². The summed E-state index contributed by atoms with van der Waals surface area (Å²) in [7, 11) is 1.83. The largest absolute Gasteiger partial charge is 0.376 e. The molecule has 178 valence electrons. The molecule has 0 aromatic heterocycles. The van der Waals surface area contributed by atoms with E-state index in [9.17, 15) is 0 Å². The summed E-state index contributed by atoms with van der Waals surface area (Å²) in [4.78, 5) is 9.37. The summed E-state index contributed by atoms with van der Waals surface area (Å²) in [5.74, 6) is 0.864. The first-order valence-corrected chi connectivity index (χ1v) is 11.5. The minimum Gasteiger partial charge on any atom is -0.376 e. The van der Waals surface area contributed by atoms with Gasteiger partial charge in [0.2, 0.25) is 0 Å². The molecule has 0 radical (unpaired) electrons. The van der Waals surface area contributed by atoms with Crippen LogP contribution in [-0.2, 0) is 17.8 Å². The Morgan fingerprint density at radius 1 is 1.19 bits per heavy atom. The number of ether oxygens (including phenoxy) is 1. The van der Waals surface area contributed by atoms with Gasteiger partial charge in [-0.05, 0) is 52.2 Å². The summed E-state index contributed by atoms with van der Waals surface area (Å²) in [5, 5.41) is 6.90. The zero-order chi connectivity index (χ0) is 21.9. The van der Waals surface area contributed by atoms with Crippen LogP contribution in [0.25, 0.3) is 0 Å². The minimum atomic E-state index is 0. The summed E-state index contributed by atoms with van der Waals surface area (Å²) in [6, 6.07) is 9.99. The lowest BCUT2D eigenvalue weighted by Crippen LogP contribution is -2.41. The molecule has 2 rings (SSSR count). The van der Waals surface area contributed by atoms with E-state index in [1.165, 1.54) is 11.1 Å². The zero-order valence-electron chi connectivity index (χ0n) is 20.4. The highest BCUT2D eigenvalue weighted by atomic mass is 127. The average Bonchev–Trinajstić information content (AvgIpc) is 2.70. The van der Waals surface area contributed by atoms with Gasteiger partial charge in [0.05, 0.1) is 12.7 Å². The Labute approximate surface area is 207 Å². The normalized spacial score (nSPS) is 17.8. The Kier molecular flexibility index (Phi) is 13.6. The highest BCUT2D eigenvalue weighted by Crippen LogP contribution is 2.12. The molecule has 31 heavy (non-hydrogen) atoms. The van der Waals surface area contributed by atoms with Crippen LogP contribution in [0.4, 0.5) is 0 Å². The first kappa shape index (κ1) is 28.1. The van der Waals surface area contributed by atoms with Crippen molar-refractivity contribution in [1.82, 2.24) is 20.4 Å². The molecule has 0 bridgehead atoms. The summed E-state index contributed by atoms with van der Waals surface area (Å²) in [6.07, 6.45) is 1.43. The predicted molar refractivity (Wildman–Crippen MR) is 142 cm³/mol. The van der Waals surface area contributed by atoms with Crippen molar-refractivity contribution in [2.75, 3.05) is 39.8 Å². The number of rotatable bonds is 10. The number of hydrogen-bond acceptors (Lipinski definition) is 4. The van der Waals surface area contributed by atoms with Gasteiger partial charge in [-0.15, -0.1) is 24.0 Å². The molecule has 1 fully saturated rings. The van der Waals surface area contributed by atoms with Gasteiger partial charge < -0.3 is 15.4 Å². The number of guanidine groups is 1. The Balaban J connectivity index is 0.00000480. The van der Waals surface area contributed by atoms with Crippen molar-refractivity contribution in [2.24, 2.45) is 4.99 Å². The number of morpholine rings is 1. The maximum absolute atomic E-state index is 5.65. The van der Waals surface area contributed by atoms with Crippen molar-refractivity contribution >= 4 is 29.9 Å². The second-order valence-electron chi connectivity index (χ2n) is 8.87. The lowest BCUT2D eigenvalue weighted by molar-refractivity contribution is -0.0212. The fraction of sp³-hybridized carbons (Fsp3) is 0.708. The molecule has 0 saturated carbocycles. The van der Waals surface area contributed by atoms with Gasteiger partial charge in [0, 0.05) is 58.4 Å². The Bertz CT molecular complexity index is 645. The topological polar surface area (TPSA) is 52.1 Å². The maximum Gasteiger partial charge on any atom is 0.191 e. The number of nitrogens with zero attached hydrogens (tertiary/aromatic N) is 3. The second kappa shape index (κ2) is 15.0. The van der Waals surface area contributed by atoms with Crippen molar-refractivity contribution in [2.45, 2.75) is 72.3 Å². The summed E-state index contributed by atoms with van der Waals surface area (Å²) in [6.45, 7) is 17.8. The van der Waals surface area contributed by atoms with Crippen LogP contribution in [0.2, 0.25) is 0 Å². The third-order valence-electron chi connectivity index (χ3n) is 5.62. The highest BCUT2D eigenvalue weighted by molar-refractivity contribution is 14.0. The van der Waals surface area contributed by atoms with E-state index in [1.54, 1.807) is 0 Å². The van der Waals surface area contributed by atoms with Crippen molar-refractivity contribution in [3.8, 4) is 0 Å². The monoisotopic (exact) mass is 545 g/mol. The molecule has 1 aliphatic rings. The summed E-state index contributed by atoms with van der Waals surface area (Å²) in [5.41, 5.74) is 2.64. The van der Waals surface area contributed by atoms with E-state index in [0.29, 0.717) is 18.2 Å². The molecule has 1 aromatic carbocycles. The van der Waals surface area contributed by atoms with Gasteiger partial charge >= 0.3 is 0 Å². The quantitative estimate of drug-likeness (QED) is 0.203. The molecule has 2 N–H and O–H groups in total. The fourth-order valence-electron chi connectivity index (χ4n) is 4.12. The molecule has 0 spiro atoms. The fourth-order valence-corrected chi connectivity index (χ4v) is 4.12. The number of aliphatic imine (C=N–C) groups is 1. The Morgan fingerprint density at radius 2 is 1.90 bits per heavy atom. The average molecular weight is 546 g/mol. The SMILES string of the molecule is CN=C(NCCCN(C(C)C)C(C)C)NCc1cccc(CN2CCOC(C)C2)c1.I. The van der Waals surface area contributed by atoms with Crippen molar-refractivity contribution < 1.29 is 4.74 Å². The molecular formula is C24H44IN5O. The molecule has 1 aromatic rings. The van der Waals surface area contributed by atoms with Gasteiger partial charge in [-0.2, -0.15) is 0 Å². The smallest absolute Gasteiger partial charge is 0.191 e. The van der Waals surface area contributed by atoms with Crippen molar-refractivity contribution in [3.63, 3.8) is 0 Å². The van der Waals surface area contributed by atoms with E-state index in [4.69, 9.17) is 4.74 Å². The molecule has 1 heterocycles. The minimum absolute atomic E-state index is 0. The summed E-state index contributed by atoms with van der Waals surface area (Å²) >= 11 is 0. The maximum atomic E-state index is 5.65. The van der Waals surface area contributed by atoms with Crippen LogP contribution < -0.4 is 10.6 Å². The predicted octanol–water partition coefficient (Wildman–Crippen LogP) is 3.70. The van der Waals surface area contributed by atoms with Gasteiger partial charge in [0.1, 0.15) is 0 Å². The molecule has 0 aliphatic carbocycles. The molecule has 1 atom stereocenters. The standard InChI is InChI=1S/C24H43N5O.HI/c1-19(2)29(20(3)4)12-8-11-26-24(25-6)27-16-22-9-7-10-23(15-22)18-28-13-14-30-21(5)17-28;/h7,9-10,15,19-21H,8,11-14,16-18H2,1-6H3,(H2,25,26,27);1H. The van der Waals surface area contributed by atoms with Crippen LogP contribution in [0.5, 0.6) is 0 Å². The number of benzene rings is 1. The van der Waals surface area contributed by atoms with Crippen LogP contribution in [0.3, 0.4) is 0 Å². The zero-order valence-corrected chi connectivity index (χ0v) is 22.7. The molecule has 7 heteroatoms. The molecule has 0 amide bonds. The number of halogens is 1. The van der Waals surface area contributed by atoms with Crippen molar-refractivity contribution in [3.05, 3.63) is 35.4 Å². The van der Waals surface area contributed by atoms with E-state index in [2.05, 4.69) is 84.3 Å². The first-order chi connectivity index (χ1) is 14.4. The van der Waals surface area contributed by atoms with Crippen LogP contribution in [0.15, 0.2) is 29.3 Å². The van der Waals surface area contributed by atoms with E-state index in [-0.39, 0.29) is 24.0 Å². The van der Waals surface area contributed by atoms with Crippen LogP contribution in [0, 0.1) is 0 Å². The molecule has 1 aliphatic heterocycles. The third kappa shape index (κ3) is 10.5. The van der Waals surface area contributed by atoms with Gasteiger partial charge in [0.25, 0.3) is 0 Å². The Hall–Kier alpha value is -0.900. The van der Waals surface area contributed by atoms with Crippen LogP contribution in [0.1, 0.15) is 52.2 Å². The molecular weight excluding hydrogens is 501 g/mol. The number of nitrogens with one attached hydrogen (secondary N) is 2. The molecule has 1 unspecified atom stereocenters. The van der Waals surface area contributed by atoms with Gasteiger partial charge in [-0.3, -0.25) is 14.8 Å². The highest BCUT2D eigenvalue weighted by Gasteiger charge is 2.16. The Morgan fingerprint density at radius 3 is 2.55 bits per heavy atom. The van der Waals surface area contributed by atoms with Crippen LogP contribution in [-0.4, -0.2) is 73.8 Å². The van der Waals surface area contributed by atoms with Crippen LogP contribution >= 0.6 is 24.0 Å². The second-order valence-corrected chi connectivity index (χ2v) is 8.87. The summed E-state index contributed by atoms with van der Waals surface area (Å²) < 4.78 is 5.65. The van der Waals surface area contributed by atoms with Gasteiger partial charge in [-0.1, -0.05) is 24.3 Å². The van der Waals surface area contributed by atoms with E-state index >= 15 is 0 Å². The van der Waals surface area contributed by atoms with Gasteiger partial charge in [-0.25, -0.2) is 0 Å². The number of hydrogen-bond donors (Lipinski definition) is 2. The third-order valence-corrected chi connectivity index (χ3v) is 5.62. The lowest BCUT2D eigenvalue weighted by Gasteiger charge is -2.31. The molecule has 6 nitrogen and oxygen atoms in total. The van der Waals surface area contributed by atoms with Crippen molar-refractivity contribution in [1.29, 1.82) is 0 Å². The van der Waals surface area contributed by atoms with E-state index < -0.39 is 0 Å². The van der Waals surface area contributed by atoms with E-state index in [0.717, 1.165) is 58.3 Å².